The van der Waals surface area contributed by atoms with Gasteiger partial charge in [0.15, 0.2) is 0 Å². The molecule has 0 bridgehead atoms. The van der Waals surface area contributed by atoms with Crippen molar-refractivity contribution in [2.75, 3.05) is 6.16 Å². The summed E-state index contributed by atoms with van der Waals surface area (Å²) in [5.74, 6) is 0.938. The second kappa shape index (κ2) is 5.19. The summed E-state index contributed by atoms with van der Waals surface area (Å²) >= 11 is 0. The smallest absolute Gasteiger partial charge is 0.00758 e. The highest BCUT2D eigenvalue weighted by Crippen LogP contribution is 2.23. The molecule has 1 saturated carbocycles. The van der Waals surface area contributed by atoms with E-state index >= 15 is 0 Å². The Kier molecular flexibility index (Phi) is 4.53. The predicted molar refractivity (Wildman–Crippen MR) is 58.6 cm³/mol. The summed E-state index contributed by atoms with van der Waals surface area (Å²) in [6, 6.07) is 1.47. The van der Waals surface area contributed by atoms with Crippen molar-refractivity contribution in [3.63, 3.8) is 0 Å². The minimum Gasteiger partial charge on any atom is -0.311 e. The van der Waals surface area contributed by atoms with Crippen LogP contribution in [0.25, 0.3) is 0 Å². The molecule has 0 aliphatic heterocycles. The molecule has 0 aromatic heterocycles. The molecule has 1 N–H and O–H groups in total. The summed E-state index contributed by atoms with van der Waals surface area (Å²) < 4.78 is 0. The molecule has 1 nitrogen and oxygen atoms in total. The molecule has 4 unspecified atom stereocenters. The Morgan fingerprint density at radius 2 is 2.25 bits per heavy atom. The molecule has 0 amide bonds. The molecular weight excluding hydrogens is 165 g/mol. The molecule has 0 heterocycles. The Morgan fingerprint density at radius 3 is 2.83 bits per heavy atom. The molecule has 0 radical (unpaired) electrons. The van der Waals surface area contributed by atoms with E-state index in [2.05, 4.69) is 28.4 Å². The molecular formula is C10H22NP. The summed E-state index contributed by atoms with van der Waals surface area (Å²) in [6.45, 7) is 4.64. The Hall–Kier alpha value is 0.390. The average molecular weight is 187 g/mol. The Balaban J connectivity index is 2.22. The highest BCUT2D eigenvalue weighted by molar-refractivity contribution is 7.16. The lowest BCUT2D eigenvalue weighted by Gasteiger charge is -2.29. The molecule has 1 aliphatic rings. The molecule has 0 saturated heterocycles. The highest BCUT2D eigenvalue weighted by atomic mass is 31.0. The summed E-state index contributed by atoms with van der Waals surface area (Å²) in [4.78, 5) is 0. The zero-order chi connectivity index (χ0) is 8.97. The topological polar surface area (TPSA) is 12.0 Å². The molecule has 2 heteroatoms. The SMILES string of the molecule is CC1CCCC(NC(C)CP)C1. The lowest BCUT2D eigenvalue weighted by atomic mass is 9.87. The van der Waals surface area contributed by atoms with E-state index in [0.717, 1.165) is 12.0 Å². The van der Waals surface area contributed by atoms with Crippen molar-refractivity contribution in [3.8, 4) is 0 Å². The van der Waals surface area contributed by atoms with Crippen LogP contribution in [0.2, 0.25) is 0 Å². The maximum atomic E-state index is 3.68. The predicted octanol–water partition coefficient (Wildman–Crippen LogP) is 2.42. The third kappa shape index (κ3) is 3.41. The van der Waals surface area contributed by atoms with Gasteiger partial charge in [-0.25, -0.2) is 0 Å². The van der Waals surface area contributed by atoms with Gasteiger partial charge in [0.2, 0.25) is 0 Å². The molecule has 0 spiro atoms. The zero-order valence-corrected chi connectivity index (χ0v) is 9.50. The molecule has 0 aromatic rings. The molecule has 1 rings (SSSR count). The van der Waals surface area contributed by atoms with Gasteiger partial charge < -0.3 is 5.32 Å². The molecule has 0 aromatic carbocycles. The second-order valence-electron chi connectivity index (χ2n) is 4.27. The maximum absolute atomic E-state index is 3.68. The van der Waals surface area contributed by atoms with Crippen LogP contribution in [0.1, 0.15) is 39.5 Å². The van der Waals surface area contributed by atoms with Crippen LogP contribution in [-0.4, -0.2) is 18.2 Å². The summed E-state index contributed by atoms with van der Waals surface area (Å²) in [5.41, 5.74) is 0. The lowest BCUT2D eigenvalue weighted by molar-refractivity contribution is 0.290. The number of hydrogen-bond acceptors (Lipinski definition) is 1. The van der Waals surface area contributed by atoms with Crippen molar-refractivity contribution in [2.24, 2.45) is 5.92 Å². The van der Waals surface area contributed by atoms with Gasteiger partial charge in [0.25, 0.3) is 0 Å². The Bertz CT molecular complexity index is 127. The van der Waals surface area contributed by atoms with Gasteiger partial charge in [-0.05, 0) is 31.8 Å². The first-order valence-electron chi connectivity index (χ1n) is 5.18. The van der Waals surface area contributed by atoms with Gasteiger partial charge in [-0.2, -0.15) is 0 Å². The number of nitrogens with one attached hydrogen (secondary N) is 1. The molecule has 12 heavy (non-hydrogen) atoms. The lowest BCUT2D eigenvalue weighted by Crippen LogP contribution is -2.40. The normalized spacial score (nSPS) is 33.2. The minimum atomic E-state index is 0.672. The monoisotopic (exact) mass is 187 g/mol. The van der Waals surface area contributed by atoms with Gasteiger partial charge in [-0.15, -0.1) is 9.24 Å². The van der Waals surface area contributed by atoms with Gasteiger partial charge in [-0.3, -0.25) is 0 Å². The van der Waals surface area contributed by atoms with Crippen LogP contribution in [0.15, 0.2) is 0 Å². The van der Waals surface area contributed by atoms with Gasteiger partial charge in [-0.1, -0.05) is 19.8 Å². The van der Waals surface area contributed by atoms with Crippen LogP contribution in [0.3, 0.4) is 0 Å². The van der Waals surface area contributed by atoms with Crippen molar-refractivity contribution in [2.45, 2.75) is 51.6 Å². The average Bonchev–Trinajstić information content (AvgIpc) is 2.04. The van der Waals surface area contributed by atoms with Crippen LogP contribution in [0.4, 0.5) is 0 Å². The number of rotatable bonds is 3. The van der Waals surface area contributed by atoms with Crippen molar-refractivity contribution >= 4 is 9.24 Å². The van der Waals surface area contributed by atoms with Crippen molar-refractivity contribution < 1.29 is 0 Å². The summed E-state index contributed by atoms with van der Waals surface area (Å²) in [5, 5.41) is 3.68. The number of hydrogen-bond donors (Lipinski definition) is 1. The van der Waals surface area contributed by atoms with Crippen molar-refractivity contribution in [3.05, 3.63) is 0 Å². The maximum Gasteiger partial charge on any atom is 0.00758 e. The zero-order valence-electron chi connectivity index (χ0n) is 8.34. The van der Waals surface area contributed by atoms with E-state index in [4.69, 9.17) is 0 Å². The van der Waals surface area contributed by atoms with E-state index in [-0.39, 0.29) is 0 Å². The fourth-order valence-corrected chi connectivity index (χ4v) is 2.19. The van der Waals surface area contributed by atoms with Crippen molar-refractivity contribution in [1.82, 2.24) is 5.32 Å². The minimum absolute atomic E-state index is 0.672. The van der Waals surface area contributed by atoms with E-state index in [0.29, 0.717) is 6.04 Å². The first kappa shape index (κ1) is 10.5. The van der Waals surface area contributed by atoms with E-state index in [1.165, 1.54) is 31.8 Å². The Labute approximate surface area is 78.9 Å². The molecule has 4 atom stereocenters. The molecule has 1 aliphatic carbocycles. The first-order chi connectivity index (χ1) is 5.72. The van der Waals surface area contributed by atoms with E-state index in [9.17, 15) is 0 Å². The highest BCUT2D eigenvalue weighted by Gasteiger charge is 2.19. The largest absolute Gasteiger partial charge is 0.311 e. The molecule has 1 fully saturated rings. The van der Waals surface area contributed by atoms with Crippen LogP contribution in [0.5, 0.6) is 0 Å². The van der Waals surface area contributed by atoms with Gasteiger partial charge in [0.05, 0.1) is 0 Å². The Morgan fingerprint density at radius 1 is 1.50 bits per heavy atom. The second-order valence-corrected chi connectivity index (χ2v) is 4.74. The third-order valence-corrected chi connectivity index (χ3v) is 3.52. The van der Waals surface area contributed by atoms with Crippen molar-refractivity contribution in [1.29, 1.82) is 0 Å². The summed E-state index contributed by atoms with van der Waals surface area (Å²) in [7, 11) is 2.81. The van der Waals surface area contributed by atoms with Gasteiger partial charge in [0.1, 0.15) is 0 Å². The van der Waals surface area contributed by atoms with Crippen LogP contribution < -0.4 is 5.32 Å². The van der Waals surface area contributed by atoms with Crippen LogP contribution in [0, 0.1) is 5.92 Å². The summed E-state index contributed by atoms with van der Waals surface area (Å²) in [6.07, 6.45) is 6.80. The third-order valence-electron chi connectivity index (χ3n) is 2.81. The van der Waals surface area contributed by atoms with E-state index < -0.39 is 0 Å². The van der Waals surface area contributed by atoms with Gasteiger partial charge >= 0.3 is 0 Å². The van der Waals surface area contributed by atoms with Gasteiger partial charge in [0, 0.05) is 12.1 Å². The fraction of sp³-hybridized carbons (Fsp3) is 1.00. The van der Waals surface area contributed by atoms with E-state index in [1.807, 2.05) is 0 Å². The first-order valence-corrected chi connectivity index (χ1v) is 6.00. The quantitative estimate of drug-likeness (QED) is 0.669. The fourth-order valence-electron chi connectivity index (χ4n) is 2.06. The van der Waals surface area contributed by atoms with E-state index in [1.54, 1.807) is 0 Å². The van der Waals surface area contributed by atoms with Crippen LogP contribution in [-0.2, 0) is 0 Å². The standard InChI is InChI=1S/C10H22NP/c1-8-4-3-5-10(6-8)11-9(2)7-12/h8-11H,3-7,12H2,1-2H3. The molecule has 72 valence electrons. The van der Waals surface area contributed by atoms with Crippen LogP contribution >= 0.6 is 9.24 Å².